The average molecular weight is 367 g/mol. The van der Waals surface area contributed by atoms with Crippen LogP contribution in [0.3, 0.4) is 0 Å². The van der Waals surface area contributed by atoms with Crippen molar-refractivity contribution in [3.63, 3.8) is 0 Å². The molecule has 1 radical (unpaired) electrons. The second-order valence-corrected chi connectivity index (χ2v) is 6.45. The molecular formula is C15H33CuN3O3+2. The zero-order valence-corrected chi connectivity index (χ0v) is 15.0. The minimum atomic E-state index is -0.332. The number of aliphatic hydroxyl groups is 3. The number of rotatable bonds is 6. The van der Waals surface area contributed by atoms with E-state index in [0.29, 0.717) is 19.6 Å². The van der Waals surface area contributed by atoms with Crippen molar-refractivity contribution in [1.29, 1.82) is 0 Å². The third-order valence-electron chi connectivity index (χ3n) is 3.76. The van der Waals surface area contributed by atoms with Gasteiger partial charge in [-0.25, -0.2) is 0 Å². The molecule has 0 saturated carbocycles. The average Bonchev–Trinajstić information content (AvgIpc) is 2.42. The normalized spacial score (nSPS) is 23.7. The molecule has 7 heteroatoms. The summed E-state index contributed by atoms with van der Waals surface area (Å²) in [4.78, 5) is 6.79. The Balaban J connectivity index is 0.00000441. The van der Waals surface area contributed by atoms with Gasteiger partial charge in [-0.2, -0.15) is 0 Å². The van der Waals surface area contributed by atoms with Gasteiger partial charge < -0.3 is 15.3 Å². The van der Waals surface area contributed by atoms with Crippen molar-refractivity contribution in [1.82, 2.24) is 14.7 Å². The van der Waals surface area contributed by atoms with E-state index >= 15 is 0 Å². The van der Waals surface area contributed by atoms with E-state index in [2.05, 4.69) is 14.7 Å². The van der Waals surface area contributed by atoms with E-state index in [4.69, 9.17) is 0 Å². The fraction of sp³-hybridized carbons (Fsp3) is 1.00. The van der Waals surface area contributed by atoms with E-state index in [1.54, 1.807) is 0 Å². The summed E-state index contributed by atoms with van der Waals surface area (Å²) < 4.78 is 0. The first kappa shape index (κ1) is 22.3. The van der Waals surface area contributed by atoms with E-state index in [9.17, 15) is 15.3 Å². The second kappa shape index (κ2) is 11.8. The maximum absolute atomic E-state index is 9.61. The van der Waals surface area contributed by atoms with Gasteiger partial charge in [0.15, 0.2) is 0 Å². The van der Waals surface area contributed by atoms with Crippen LogP contribution in [0.15, 0.2) is 0 Å². The van der Waals surface area contributed by atoms with Gasteiger partial charge in [-0.1, -0.05) is 0 Å². The third-order valence-corrected chi connectivity index (χ3v) is 3.76. The summed E-state index contributed by atoms with van der Waals surface area (Å²) in [6.07, 6.45) is -0.997. The molecule has 3 N–H and O–H groups in total. The molecule has 0 spiro atoms. The first-order valence-corrected chi connectivity index (χ1v) is 8.08. The molecule has 3 unspecified atom stereocenters. The van der Waals surface area contributed by atoms with E-state index in [1.165, 1.54) is 0 Å². The van der Waals surface area contributed by atoms with Crippen LogP contribution in [0.4, 0.5) is 0 Å². The number of aliphatic hydroxyl groups excluding tert-OH is 3. The summed E-state index contributed by atoms with van der Waals surface area (Å²) in [7, 11) is 0. The maximum Gasteiger partial charge on any atom is 2.00 e. The predicted molar refractivity (Wildman–Crippen MR) is 84.4 cm³/mol. The Kier molecular flexibility index (Phi) is 11.9. The van der Waals surface area contributed by atoms with Crippen LogP contribution < -0.4 is 0 Å². The molecule has 1 aliphatic rings. The molecule has 1 aliphatic heterocycles. The maximum atomic E-state index is 9.61. The fourth-order valence-corrected chi connectivity index (χ4v) is 2.85. The minimum Gasteiger partial charge on any atom is -0.392 e. The van der Waals surface area contributed by atoms with Gasteiger partial charge in [-0.15, -0.1) is 0 Å². The molecular weight excluding hydrogens is 334 g/mol. The second-order valence-electron chi connectivity index (χ2n) is 6.45. The molecule has 1 rings (SSSR count). The summed E-state index contributed by atoms with van der Waals surface area (Å²) >= 11 is 0. The van der Waals surface area contributed by atoms with Gasteiger partial charge in [0, 0.05) is 58.9 Å². The van der Waals surface area contributed by atoms with Crippen LogP contribution in [0, 0.1) is 0 Å². The topological polar surface area (TPSA) is 70.4 Å². The van der Waals surface area contributed by atoms with Crippen molar-refractivity contribution in [3.8, 4) is 0 Å². The van der Waals surface area contributed by atoms with Crippen LogP contribution in [-0.4, -0.2) is 107 Å². The molecule has 1 heterocycles. The minimum absolute atomic E-state index is 0. The zero-order chi connectivity index (χ0) is 15.8. The Morgan fingerprint density at radius 3 is 0.909 bits per heavy atom. The molecule has 3 atom stereocenters. The van der Waals surface area contributed by atoms with Gasteiger partial charge in [0.25, 0.3) is 0 Å². The molecule has 135 valence electrons. The van der Waals surface area contributed by atoms with Crippen LogP contribution in [0.5, 0.6) is 0 Å². The smallest absolute Gasteiger partial charge is 0.392 e. The van der Waals surface area contributed by atoms with E-state index in [1.807, 2.05) is 20.8 Å². The molecule has 1 saturated heterocycles. The standard InChI is InChI=1S/C15H33N3O3.Cu/c1-13(19)10-16-4-6-17(11-14(2)20)8-9-18(7-5-16)12-15(3)21;/h13-15,19-21H,4-12H2,1-3H3;/q;+2. The molecule has 0 aromatic carbocycles. The number of hydrogen-bond donors (Lipinski definition) is 3. The van der Waals surface area contributed by atoms with Crippen LogP contribution >= 0.6 is 0 Å². The Hall–Kier alpha value is 0.279. The van der Waals surface area contributed by atoms with Gasteiger partial charge in [0.1, 0.15) is 0 Å². The van der Waals surface area contributed by atoms with Gasteiger partial charge in [-0.05, 0) is 20.8 Å². The van der Waals surface area contributed by atoms with Crippen LogP contribution in [0.1, 0.15) is 20.8 Å². The fourth-order valence-electron chi connectivity index (χ4n) is 2.85. The summed E-state index contributed by atoms with van der Waals surface area (Å²) in [5.41, 5.74) is 0. The predicted octanol–water partition coefficient (Wildman–Crippen LogP) is -0.954. The number of hydrogen-bond acceptors (Lipinski definition) is 6. The molecule has 0 aromatic rings. The Morgan fingerprint density at radius 1 is 0.591 bits per heavy atom. The monoisotopic (exact) mass is 366 g/mol. The molecule has 22 heavy (non-hydrogen) atoms. The number of nitrogens with zero attached hydrogens (tertiary/aromatic N) is 3. The van der Waals surface area contributed by atoms with Crippen molar-refractivity contribution in [2.75, 3.05) is 58.9 Å². The van der Waals surface area contributed by atoms with Crippen LogP contribution in [0.25, 0.3) is 0 Å². The Bertz CT molecular complexity index is 226. The summed E-state index contributed by atoms with van der Waals surface area (Å²) in [6, 6.07) is 0. The molecule has 0 aromatic heterocycles. The first-order valence-electron chi connectivity index (χ1n) is 8.08. The van der Waals surface area contributed by atoms with Crippen molar-refractivity contribution in [2.45, 2.75) is 39.1 Å². The summed E-state index contributed by atoms with van der Waals surface area (Å²) in [5, 5.41) is 28.8. The molecule has 0 amide bonds. The van der Waals surface area contributed by atoms with Crippen LogP contribution in [0.2, 0.25) is 0 Å². The summed E-state index contributed by atoms with van der Waals surface area (Å²) in [6.45, 7) is 12.9. The van der Waals surface area contributed by atoms with Crippen LogP contribution in [-0.2, 0) is 17.1 Å². The Labute approximate surface area is 145 Å². The quantitative estimate of drug-likeness (QED) is 0.526. The molecule has 0 aliphatic carbocycles. The van der Waals surface area contributed by atoms with Gasteiger partial charge in [0.05, 0.1) is 18.3 Å². The third kappa shape index (κ3) is 10.1. The number of β-amino-alcohol motifs (C(OH)–C–C–N with tert-alkyl or cyclic N) is 3. The Morgan fingerprint density at radius 2 is 0.773 bits per heavy atom. The molecule has 0 bridgehead atoms. The van der Waals surface area contributed by atoms with Crippen molar-refractivity contribution >= 4 is 0 Å². The van der Waals surface area contributed by atoms with E-state index in [0.717, 1.165) is 39.3 Å². The molecule has 1 fully saturated rings. The zero-order valence-electron chi connectivity index (χ0n) is 14.1. The largest absolute Gasteiger partial charge is 2.00 e. The first-order chi connectivity index (χ1) is 9.86. The SMILES string of the molecule is CC(O)CN1CCN(CC(C)O)CCN(CC(C)O)CC1.[Cu+2]. The molecule has 6 nitrogen and oxygen atoms in total. The van der Waals surface area contributed by atoms with Gasteiger partial charge in [-0.3, -0.25) is 14.7 Å². The van der Waals surface area contributed by atoms with Crippen molar-refractivity contribution in [2.24, 2.45) is 0 Å². The van der Waals surface area contributed by atoms with E-state index < -0.39 is 0 Å². The van der Waals surface area contributed by atoms with Gasteiger partial charge >= 0.3 is 17.1 Å². The van der Waals surface area contributed by atoms with Crippen molar-refractivity contribution in [3.05, 3.63) is 0 Å². The summed E-state index contributed by atoms with van der Waals surface area (Å²) in [5.74, 6) is 0. The van der Waals surface area contributed by atoms with Crippen molar-refractivity contribution < 1.29 is 32.4 Å². The van der Waals surface area contributed by atoms with E-state index in [-0.39, 0.29) is 35.4 Å². The van der Waals surface area contributed by atoms with Gasteiger partial charge in [0.2, 0.25) is 0 Å².